The van der Waals surface area contributed by atoms with Crippen LogP contribution in [0.15, 0.2) is 4.99 Å². The smallest absolute Gasteiger partial charge is 0.108 e. The van der Waals surface area contributed by atoms with Gasteiger partial charge in [0.1, 0.15) is 5.84 Å². The number of hydrogen-bond donors (Lipinski definition) is 2. The number of nitrogens with two attached hydrogens (primary N) is 2. The first-order valence-electron chi connectivity index (χ1n) is 2.85. The molecule has 8 heavy (non-hydrogen) atoms. The van der Waals surface area contributed by atoms with Crippen molar-refractivity contribution in [1.29, 1.82) is 0 Å². The third-order valence-electron chi connectivity index (χ3n) is 1.10. The fourth-order valence-corrected chi connectivity index (χ4v) is 0.491. The van der Waals surface area contributed by atoms with Gasteiger partial charge in [0.25, 0.3) is 0 Å². The van der Waals surface area contributed by atoms with Gasteiger partial charge in [0.2, 0.25) is 0 Å². The van der Waals surface area contributed by atoms with Gasteiger partial charge in [0, 0.05) is 0 Å². The van der Waals surface area contributed by atoms with Crippen LogP contribution >= 0.6 is 0 Å². The molecule has 0 atom stereocenters. The minimum absolute atomic E-state index is 0.399. The van der Waals surface area contributed by atoms with Crippen molar-refractivity contribution in [2.75, 3.05) is 6.54 Å². The Bertz CT molecular complexity index is 104. The van der Waals surface area contributed by atoms with Gasteiger partial charge in [-0.1, -0.05) is 0 Å². The van der Waals surface area contributed by atoms with E-state index in [1.54, 1.807) is 0 Å². The van der Waals surface area contributed by atoms with Crippen LogP contribution < -0.4 is 11.5 Å². The van der Waals surface area contributed by atoms with Crippen molar-refractivity contribution in [2.45, 2.75) is 18.9 Å². The molecule has 0 aromatic heterocycles. The molecular formula is C5H11N3. The molecule has 4 N–H and O–H groups in total. The molecular weight excluding hydrogens is 102 g/mol. The Morgan fingerprint density at radius 3 is 2.62 bits per heavy atom. The molecule has 1 aliphatic rings. The van der Waals surface area contributed by atoms with Gasteiger partial charge in [-0.25, -0.2) is 0 Å². The lowest BCUT2D eigenvalue weighted by Crippen LogP contribution is -2.23. The van der Waals surface area contributed by atoms with Crippen LogP contribution in [0.4, 0.5) is 0 Å². The van der Waals surface area contributed by atoms with E-state index < -0.39 is 0 Å². The van der Waals surface area contributed by atoms with E-state index in [0.717, 1.165) is 0 Å². The van der Waals surface area contributed by atoms with Crippen molar-refractivity contribution in [3.8, 4) is 0 Å². The zero-order valence-electron chi connectivity index (χ0n) is 4.80. The molecule has 0 amide bonds. The maximum atomic E-state index is 5.34. The zero-order valence-corrected chi connectivity index (χ0v) is 4.80. The molecule has 0 spiro atoms. The van der Waals surface area contributed by atoms with Crippen molar-refractivity contribution >= 4 is 5.84 Å². The van der Waals surface area contributed by atoms with Crippen molar-refractivity contribution in [3.63, 3.8) is 0 Å². The molecule has 0 aliphatic heterocycles. The van der Waals surface area contributed by atoms with E-state index in [-0.39, 0.29) is 0 Å². The van der Waals surface area contributed by atoms with Crippen LogP contribution in [0, 0.1) is 0 Å². The minimum atomic E-state index is 0.399. The summed E-state index contributed by atoms with van der Waals surface area (Å²) < 4.78 is 0. The first kappa shape index (κ1) is 5.56. The topological polar surface area (TPSA) is 64.4 Å². The highest BCUT2D eigenvalue weighted by Gasteiger charge is 2.19. The molecule has 3 heteroatoms. The Morgan fingerprint density at radius 1 is 1.62 bits per heavy atom. The average Bonchev–Trinajstić information content (AvgIpc) is 2.50. The highest BCUT2D eigenvalue weighted by Crippen LogP contribution is 2.22. The molecule has 1 saturated carbocycles. The van der Waals surface area contributed by atoms with Crippen LogP contribution in [0.1, 0.15) is 12.8 Å². The average molecular weight is 113 g/mol. The van der Waals surface area contributed by atoms with E-state index in [2.05, 4.69) is 4.99 Å². The summed E-state index contributed by atoms with van der Waals surface area (Å²) in [4.78, 5) is 4.08. The van der Waals surface area contributed by atoms with E-state index >= 15 is 0 Å². The zero-order chi connectivity index (χ0) is 5.98. The van der Waals surface area contributed by atoms with Gasteiger partial charge in [-0.15, -0.1) is 0 Å². The summed E-state index contributed by atoms with van der Waals surface area (Å²) in [5.74, 6) is 0.590. The van der Waals surface area contributed by atoms with E-state index in [4.69, 9.17) is 11.5 Å². The SMILES string of the molecule is NCC(N)=NC1CC1. The Labute approximate surface area is 48.8 Å². The summed E-state index contributed by atoms with van der Waals surface area (Å²) in [6, 6.07) is 0.513. The monoisotopic (exact) mass is 113 g/mol. The van der Waals surface area contributed by atoms with Gasteiger partial charge in [-0.2, -0.15) is 0 Å². The second-order valence-electron chi connectivity index (χ2n) is 2.06. The van der Waals surface area contributed by atoms with Gasteiger partial charge in [-0.3, -0.25) is 4.99 Å². The highest BCUT2D eigenvalue weighted by atomic mass is 14.9. The Kier molecular flexibility index (Phi) is 1.48. The second-order valence-corrected chi connectivity index (χ2v) is 2.06. The van der Waals surface area contributed by atoms with E-state index in [0.29, 0.717) is 18.4 Å². The third-order valence-corrected chi connectivity index (χ3v) is 1.10. The predicted molar refractivity (Wildman–Crippen MR) is 33.7 cm³/mol. The maximum absolute atomic E-state index is 5.34. The Balaban J connectivity index is 2.27. The van der Waals surface area contributed by atoms with Gasteiger partial charge < -0.3 is 11.5 Å². The normalized spacial score (nSPS) is 21.4. The third kappa shape index (κ3) is 1.50. The summed E-state index contributed by atoms with van der Waals surface area (Å²) >= 11 is 0. The number of nitrogens with zero attached hydrogens (tertiary/aromatic N) is 1. The molecule has 0 aromatic rings. The number of rotatable bonds is 2. The van der Waals surface area contributed by atoms with E-state index in [1.165, 1.54) is 12.8 Å². The summed E-state index contributed by atoms with van der Waals surface area (Å²) in [5.41, 5.74) is 10.5. The first-order valence-corrected chi connectivity index (χ1v) is 2.85. The summed E-state index contributed by atoms with van der Waals surface area (Å²) in [6.07, 6.45) is 2.39. The van der Waals surface area contributed by atoms with Crippen molar-refractivity contribution < 1.29 is 0 Å². The van der Waals surface area contributed by atoms with Gasteiger partial charge in [0.15, 0.2) is 0 Å². The van der Waals surface area contributed by atoms with Crippen LogP contribution in [0.25, 0.3) is 0 Å². The molecule has 0 heterocycles. The minimum Gasteiger partial charge on any atom is -0.386 e. The first-order chi connectivity index (χ1) is 3.83. The lowest BCUT2D eigenvalue weighted by Gasteiger charge is -1.90. The lowest BCUT2D eigenvalue weighted by atomic mass is 10.6. The highest BCUT2D eigenvalue weighted by molar-refractivity contribution is 5.82. The standard InChI is InChI=1S/C5H11N3/c6-3-5(7)8-4-1-2-4/h4H,1-3,6H2,(H2,7,8). The molecule has 3 nitrogen and oxygen atoms in total. The molecule has 1 rings (SSSR count). The van der Waals surface area contributed by atoms with Crippen LogP contribution in [0.2, 0.25) is 0 Å². The molecule has 1 fully saturated rings. The largest absolute Gasteiger partial charge is 0.386 e. The molecule has 0 bridgehead atoms. The fraction of sp³-hybridized carbons (Fsp3) is 0.800. The molecule has 46 valence electrons. The molecule has 0 aromatic carbocycles. The Hall–Kier alpha value is -0.570. The second kappa shape index (κ2) is 2.13. The van der Waals surface area contributed by atoms with Gasteiger partial charge in [0.05, 0.1) is 12.6 Å². The van der Waals surface area contributed by atoms with Crippen molar-refractivity contribution in [1.82, 2.24) is 0 Å². The number of aliphatic imine (C=N–C) groups is 1. The van der Waals surface area contributed by atoms with Crippen LogP contribution in [0.3, 0.4) is 0 Å². The predicted octanol–water partition coefficient (Wildman–Crippen LogP) is -0.535. The molecule has 1 aliphatic carbocycles. The number of amidine groups is 1. The lowest BCUT2D eigenvalue weighted by molar-refractivity contribution is 1.04. The van der Waals surface area contributed by atoms with E-state index in [9.17, 15) is 0 Å². The van der Waals surface area contributed by atoms with Crippen molar-refractivity contribution in [2.24, 2.45) is 16.5 Å². The quantitative estimate of drug-likeness (QED) is 0.373. The molecule has 0 unspecified atom stereocenters. The maximum Gasteiger partial charge on any atom is 0.108 e. The van der Waals surface area contributed by atoms with Crippen LogP contribution in [-0.2, 0) is 0 Å². The molecule has 0 radical (unpaired) electrons. The van der Waals surface area contributed by atoms with Gasteiger partial charge in [-0.05, 0) is 12.8 Å². The van der Waals surface area contributed by atoms with Gasteiger partial charge >= 0.3 is 0 Å². The number of hydrogen-bond acceptors (Lipinski definition) is 2. The fourth-order valence-electron chi connectivity index (χ4n) is 0.491. The summed E-state index contributed by atoms with van der Waals surface area (Å²) in [6.45, 7) is 0.399. The van der Waals surface area contributed by atoms with Crippen LogP contribution in [-0.4, -0.2) is 18.4 Å². The summed E-state index contributed by atoms with van der Waals surface area (Å²) in [5, 5.41) is 0. The Morgan fingerprint density at radius 2 is 2.25 bits per heavy atom. The van der Waals surface area contributed by atoms with Crippen LogP contribution in [0.5, 0.6) is 0 Å². The van der Waals surface area contributed by atoms with Crippen molar-refractivity contribution in [3.05, 3.63) is 0 Å². The molecule has 0 saturated heterocycles. The summed E-state index contributed by atoms with van der Waals surface area (Å²) in [7, 11) is 0. The van der Waals surface area contributed by atoms with E-state index in [1.807, 2.05) is 0 Å².